The van der Waals surface area contributed by atoms with Crippen molar-refractivity contribution in [3.8, 4) is 0 Å². The summed E-state index contributed by atoms with van der Waals surface area (Å²) in [6.45, 7) is 1.59. The van der Waals surface area contributed by atoms with E-state index in [1.54, 1.807) is 12.1 Å². The predicted molar refractivity (Wildman–Crippen MR) is 63.6 cm³/mol. The van der Waals surface area contributed by atoms with Gasteiger partial charge in [0.25, 0.3) is 0 Å². The van der Waals surface area contributed by atoms with Crippen LogP contribution in [0.3, 0.4) is 0 Å². The minimum Gasteiger partial charge on any atom is -0.315 e. The van der Waals surface area contributed by atoms with Crippen LogP contribution >= 0.6 is 27.3 Å². The van der Waals surface area contributed by atoms with Crippen LogP contribution in [0.4, 0.5) is 0 Å². The molecule has 2 N–H and O–H groups in total. The van der Waals surface area contributed by atoms with Crippen LogP contribution in [0.25, 0.3) is 0 Å². The molecule has 1 aliphatic heterocycles. The first-order valence-electron chi connectivity index (χ1n) is 4.56. The van der Waals surface area contributed by atoms with Gasteiger partial charge in [-0.05, 0) is 41.0 Å². The Hall–Kier alpha value is 0.0500. The smallest absolute Gasteiger partial charge is 0.250 e. The Kier molecular flexibility index (Phi) is 3.46. The predicted octanol–water partition coefficient (Wildman–Crippen LogP) is 1.15. The van der Waals surface area contributed by atoms with Crippen LogP contribution < -0.4 is 10.0 Å². The van der Waals surface area contributed by atoms with E-state index in [1.165, 1.54) is 11.3 Å². The third-order valence-electron chi connectivity index (χ3n) is 2.20. The van der Waals surface area contributed by atoms with Crippen LogP contribution in [0.2, 0.25) is 0 Å². The molecule has 1 aliphatic rings. The van der Waals surface area contributed by atoms with Gasteiger partial charge in [0.15, 0.2) is 0 Å². The monoisotopic (exact) mass is 310 g/mol. The first-order valence-corrected chi connectivity index (χ1v) is 7.65. The SMILES string of the molecule is O=S(=O)(N[C@H]1CCNC1)c1ccc(Br)s1. The molecule has 1 atom stereocenters. The van der Waals surface area contributed by atoms with Crippen LogP contribution in [-0.2, 0) is 10.0 Å². The third-order valence-corrected chi connectivity index (χ3v) is 5.83. The van der Waals surface area contributed by atoms with E-state index >= 15 is 0 Å². The molecule has 0 bridgehead atoms. The summed E-state index contributed by atoms with van der Waals surface area (Å²) in [4.78, 5) is 0. The van der Waals surface area contributed by atoms with Gasteiger partial charge in [-0.3, -0.25) is 0 Å². The van der Waals surface area contributed by atoms with Crippen molar-refractivity contribution in [2.45, 2.75) is 16.7 Å². The van der Waals surface area contributed by atoms with Crippen molar-refractivity contribution in [3.05, 3.63) is 15.9 Å². The lowest BCUT2D eigenvalue weighted by Gasteiger charge is -2.10. The number of halogens is 1. The van der Waals surface area contributed by atoms with Gasteiger partial charge in [-0.1, -0.05) is 0 Å². The average molecular weight is 311 g/mol. The molecule has 2 rings (SSSR count). The lowest BCUT2D eigenvalue weighted by atomic mass is 10.3. The molecular weight excluding hydrogens is 300 g/mol. The number of hydrogen-bond donors (Lipinski definition) is 2. The lowest BCUT2D eigenvalue weighted by molar-refractivity contribution is 0.562. The molecule has 2 heterocycles. The van der Waals surface area contributed by atoms with Gasteiger partial charge in [-0.25, -0.2) is 13.1 Å². The summed E-state index contributed by atoms with van der Waals surface area (Å²) in [7, 11) is -3.32. The number of sulfonamides is 1. The van der Waals surface area contributed by atoms with Crippen molar-refractivity contribution < 1.29 is 8.42 Å². The van der Waals surface area contributed by atoms with Gasteiger partial charge in [0.2, 0.25) is 10.0 Å². The number of thiophene rings is 1. The Balaban J connectivity index is 2.12. The highest BCUT2D eigenvalue weighted by molar-refractivity contribution is 9.11. The zero-order chi connectivity index (χ0) is 10.9. The number of hydrogen-bond acceptors (Lipinski definition) is 4. The molecule has 0 unspecified atom stereocenters. The van der Waals surface area contributed by atoms with Crippen LogP contribution in [-0.4, -0.2) is 27.5 Å². The summed E-state index contributed by atoms with van der Waals surface area (Å²) in [6, 6.07) is 3.38. The highest BCUT2D eigenvalue weighted by Crippen LogP contribution is 2.26. The summed E-state index contributed by atoms with van der Waals surface area (Å²) >= 11 is 4.48. The Morgan fingerprint density at radius 1 is 1.53 bits per heavy atom. The number of rotatable bonds is 3. The highest BCUT2D eigenvalue weighted by Gasteiger charge is 2.23. The van der Waals surface area contributed by atoms with Gasteiger partial charge in [-0.15, -0.1) is 11.3 Å². The summed E-state index contributed by atoms with van der Waals surface area (Å²) < 4.78 is 27.6. The van der Waals surface area contributed by atoms with Crippen molar-refractivity contribution >= 4 is 37.3 Å². The molecular formula is C8H11BrN2O2S2. The minimum absolute atomic E-state index is 0.0240. The fraction of sp³-hybridized carbons (Fsp3) is 0.500. The van der Waals surface area contributed by atoms with E-state index in [1.807, 2.05) is 0 Å². The van der Waals surface area contributed by atoms with E-state index < -0.39 is 10.0 Å². The van der Waals surface area contributed by atoms with Gasteiger partial charge in [0, 0.05) is 12.6 Å². The molecule has 1 aromatic heterocycles. The van der Waals surface area contributed by atoms with Crippen LogP contribution in [0.15, 0.2) is 20.1 Å². The molecule has 0 spiro atoms. The summed E-state index contributed by atoms with van der Waals surface area (Å²) in [5, 5.41) is 3.12. The van der Waals surface area contributed by atoms with Crippen molar-refractivity contribution in [1.82, 2.24) is 10.0 Å². The second kappa shape index (κ2) is 4.50. The highest BCUT2D eigenvalue weighted by atomic mass is 79.9. The van der Waals surface area contributed by atoms with Gasteiger partial charge in [0.05, 0.1) is 3.79 Å². The quantitative estimate of drug-likeness (QED) is 0.880. The molecule has 0 aliphatic carbocycles. The van der Waals surface area contributed by atoms with Crippen molar-refractivity contribution in [2.24, 2.45) is 0 Å². The standard InChI is InChI=1S/C8H11BrN2O2S2/c9-7-1-2-8(14-7)15(12,13)11-6-3-4-10-5-6/h1-2,6,10-11H,3-5H2/t6-/m0/s1. The summed E-state index contributed by atoms with van der Waals surface area (Å²) in [6.07, 6.45) is 0.853. The van der Waals surface area contributed by atoms with Crippen LogP contribution in [0.1, 0.15) is 6.42 Å². The van der Waals surface area contributed by atoms with E-state index in [0.29, 0.717) is 10.8 Å². The van der Waals surface area contributed by atoms with E-state index in [0.717, 1.165) is 16.8 Å². The normalized spacial score (nSPS) is 22.1. The molecule has 0 aromatic carbocycles. The molecule has 15 heavy (non-hydrogen) atoms. The first-order chi connectivity index (χ1) is 7.08. The fourth-order valence-electron chi connectivity index (χ4n) is 1.47. The molecule has 0 saturated carbocycles. The van der Waals surface area contributed by atoms with Gasteiger partial charge < -0.3 is 5.32 Å². The minimum atomic E-state index is -3.32. The van der Waals surface area contributed by atoms with Gasteiger partial charge >= 0.3 is 0 Å². The molecule has 0 radical (unpaired) electrons. The first kappa shape index (κ1) is 11.5. The maximum atomic E-state index is 11.9. The Labute approximate surface area is 101 Å². The van der Waals surface area contributed by atoms with Crippen LogP contribution in [0, 0.1) is 0 Å². The number of nitrogens with one attached hydrogen (secondary N) is 2. The third kappa shape index (κ3) is 2.79. The van der Waals surface area contributed by atoms with Crippen molar-refractivity contribution in [2.75, 3.05) is 13.1 Å². The Bertz CT molecular complexity index is 437. The maximum absolute atomic E-state index is 11.9. The average Bonchev–Trinajstić information content (AvgIpc) is 2.75. The van der Waals surface area contributed by atoms with Gasteiger partial charge in [-0.2, -0.15) is 0 Å². The Morgan fingerprint density at radius 2 is 2.33 bits per heavy atom. The molecule has 0 amide bonds. The lowest BCUT2D eigenvalue weighted by Crippen LogP contribution is -2.35. The van der Waals surface area contributed by atoms with E-state index in [4.69, 9.17) is 0 Å². The van der Waals surface area contributed by atoms with E-state index in [9.17, 15) is 8.42 Å². The van der Waals surface area contributed by atoms with E-state index in [-0.39, 0.29) is 6.04 Å². The second-order valence-electron chi connectivity index (χ2n) is 3.37. The molecule has 4 nitrogen and oxygen atoms in total. The second-order valence-corrected chi connectivity index (χ2v) is 7.77. The maximum Gasteiger partial charge on any atom is 0.250 e. The van der Waals surface area contributed by atoms with Crippen molar-refractivity contribution in [3.63, 3.8) is 0 Å². The van der Waals surface area contributed by atoms with Gasteiger partial charge in [0.1, 0.15) is 4.21 Å². The van der Waals surface area contributed by atoms with E-state index in [2.05, 4.69) is 26.0 Å². The fourth-order valence-corrected chi connectivity index (χ4v) is 4.77. The molecule has 1 aromatic rings. The van der Waals surface area contributed by atoms with Crippen LogP contribution in [0.5, 0.6) is 0 Å². The van der Waals surface area contributed by atoms with Crippen molar-refractivity contribution in [1.29, 1.82) is 0 Å². The molecule has 1 fully saturated rings. The molecule has 7 heteroatoms. The summed E-state index contributed by atoms with van der Waals surface area (Å²) in [5.41, 5.74) is 0. The zero-order valence-electron chi connectivity index (χ0n) is 7.86. The zero-order valence-corrected chi connectivity index (χ0v) is 11.1. The molecule has 1 saturated heterocycles. The largest absolute Gasteiger partial charge is 0.315 e. The molecule has 84 valence electrons. The topological polar surface area (TPSA) is 58.2 Å². The summed E-state index contributed by atoms with van der Waals surface area (Å²) in [5.74, 6) is 0. The Morgan fingerprint density at radius 3 is 2.87 bits per heavy atom.